The Bertz CT molecular complexity index is 324. The molecule has 1 rings (SSSR count). The third-order valence-corrected chi connectivity index (χ3v) is 2.75. The van der Waals surface area contributed by atoms with Crippen molar-refractivity contribution in [3.8, 4) is 0 Å². The molecule has 0 aliphatic rings. The molecule has 0 heterocycles. The van der Waals surface area contributed by atoms with E-state index in [1.165, 1.54) is 5.56 Å². The lowest BCUT2D eigenvalue weighted by Crippen LogP contribution is -2.41. The maximum Gasteiger partial charge on any atom is 0.234 e. The van der Waals surface area contributed by atoms with Crippen LogP contribution in [0.5, 0.6) is 0 Å². The van der Waals surface area contributed by atoms with Crippen LogP contribution in [0.25, 0.3) is 0 Å². The lowest BCUT2D eigenvalue weighted by molar-refractivity contribution is -0.120. The summed E-state index contributed by atoms with van der Waals surface area (Å²) in [6.45, 7) is 4.85. The van der Waals surface area contributed by atoms with Gasteiger partial charge < -0.3 is 11.1 Å². The van der Waals surface area contributed by atoms with Gasteiger partial charge in [0.1, 0.15) is 0 Å². The van der Waals surface area contributed by atoms with Crippen molar-refractivity contribution in [2.24, 2.45) is 5.73 Å². The van der Waals surface area contributed by atoms with Crippen LogP contribution in [0.2, 0.25) is 0 Å². The first-order valence-electron chi connectivity index (χ1n) is 5.72. The van der Waals surface area contributed by atoms with E-state index >= 15 is 0 Å². The van der Waals surface area contributed by atoms with Crippen LogP contribution in [-0.2, 0) is 4.79 Å². The van der Waals surface area contributed by atoms with E-state index in [9.17, 15) is 4.79 Å². The molecule has 0 aliphatic heterocycles. The van der Waals surface area contributed by atoms with Crippen LogP contribution >= 0.6 is 0 Å². The van der Waals surface area contributed by atoms with Crippen molar-refractivity contribution >= 4 is 5.91 Å². The molecular weight excluding hydrogens is 200 g/mol. The number of likely N-dealkylation sites (N-methyl/N-ethyl adjacent to an activating group) is 1. The van der Waals surface area contributed by atoms with E-state index in [-0.39, 0.29) is 11.9 Å². The summed E-state index contributed by atoms with van der Waals surface area (Å²) in [5.41, 5.74) is 6.59. The van der Waals surface area contributed by atoms with Crippen molar-refractivity contribution in [3.05, 3.63) is 35.9 Å². The smallest absolute Gasteiger partial charge is 0.234 e. The standard InChI is InChI=1S/C13H20N2O/c1-3-15-12(13(14)16)9-10(2)11-7-5-4-6-8-11/h4-8,10,12,15H,3,9H2,1-2H3,(H2,14,16). The Morgan fingerprint density at radius 2 is 2.00 bits per heavy atom. The number of carbonyl (C=O) groups is 1. The molecule has 2 atom stereocenters. The number of nitrogens with one attached hydrogen (secondary N) is 1. The van der Waals surface area contributed by atoms with Gasteiger partial charge in [-0.15, -0.1) is 0 Å². The van der Waals surface area contributed by atoms with Crippen molar-refractivity contribution in [1.82, 2.24) is 5.32 Å². The molecule has 88 valence electrons. The maximum atomic E-state index is 11.2. The normalized spacial score (nSPS) is 14.4. The highest BCUT2D eigenvalue weighted by molar-refractivity contribution is 5.79. The predicted molar refractivity (Wildman–Crippen MR) is 66.1 cm³/mol. The quantitative estimate of drug-likeness (QED) is 0.765. The molecule has 0 fully saturated rings. The first kappa shape index (κ1) is 12.7. The molecule has 3 N–H and O–H groups in total. The Morgan fingerprint density at radius 1 is 1.38 bits per heavy atom. The van der Waals surface area contributed by atoms with Gasteiger partial charge in [-0.05, 0) is 24.4 Å². The lowest BCUT2D eigenvalue weighted by Gasteiger charge is -2.19. The summed E-state index contributed by atoms with van der Waals surface area (Å²) in [7, 11) is 0. The number of rotatable bonds is 6. The van der Waals surface area contributed by atoms with E-state index in [0.29, 0.717) is 5.92 Å². The maximum absolute atomic E-state index is 11.2. The minimum absolute atomic E-state index is 0.236. The molecule has 0 saturated heterocycles. The Morgan fingerprint density at radius 3 is 2.50 bits per heavy atom. The Balaban J connectivity index is 2.61. The molecule has 0 spiro atoms. The van der Waals surface area contributed by atoms with E-state index in [2.05, 4.69) is 24.4 Å². The number of nitrogens with two attached hydrogens (primary N) is 1. The SMILES string of the molecule is CCNC(CC(C)c1ccccc1)C(N)=O. The minimum Gasteiger partial charge on any atom is -0.368 e. The summed E-state index contributed by atoms with van der Waals surface area (Å²) in [6.07, 6.45) is 0.743. The van der Waals surface area contributed by atoms with Gasteiger partial charge in [0, 0.05) is 0 Å². The zero-order chi connectivity index (χ0) is 12.0. The third-order valence-electron chi connectivity index (χ3n) is 2.75. The Labute approximate surface area is 97.0 Å². The van der Waals surface area contributed by atoms with Gasteiger partial charge in [-0.2, -0.15) is 0 Å². The number of carbonyl (C=O) groups excluding carboxylic acids is 1. The van der Waals surface area contributed by atoms with E-state index < -0.39 is 0 Å². The van der Waals surface area contributed by atoms with Crippen molar-refractivity contribution in [2.75, 3.05) is 6.54 Å². The van der Waals surface area contributed by atoms with E-state index in [1.807, 2.05) is 25.1 Å². The zero-order valence-corrected chi connectivity index (χ0v) is 9.94. The van der Waals surface area contributed by atoms with Crippen LogP contribution in [0.15, 0.2) is 30.3 Å². The Hall–Kier alpha value is -1.35. The largest absolute Gasteiger partial charge is 0.368 e. The average molecular weight is 220 g/mol. The van der Waals surface area contributed by atoms with Gasteiger partial charge in [0.25, 0.3) is 0 Å². The molecular formula is C13H20N2O. The first-order valence-corrected chi connectivity index (χ1v) is 5.72. The van der Waals surface area contributed by atoms with Gasteiger partial charge in [-0.1, -0.05) is 44.2 Å². The molecule has 3 nitrogen and oxygen atoms in total. The summed E-state index contributed by atoms with van der Waals surface area (Å²) >= 11 is 0. The molecule has 1 amide bonds. The number of hydrogen-bond donors (Lipinski definition) is 2. The average Bonchev–Trinajstić information content (AvgIpc) is 2.29. The highest BCUT2D eigenvalue weighted by atomic mass is 16.1. The summed E-state index contributed by atoms with van der Waals surface area (Å²) in [5.74, 6) is 0.0578. The third kappa shape index (κ3) is 3.66. The van der Waals surface area contributed by atoms with Crippen LogP contribution in [0, 0.1) is 0 Å². The molecule has 0 aliphatic carbocycles. The van der Waals surface area contributed by atoms with Crippen molar-refractivity contribution in [2.45, 2.75) is 32.2 Å². The fourth-order valence-corrected chi connectivity index (χ4v) is 1.82. The molecule has 0 radical (unpaired) electrons. The molecule has 16 heavy (non-hydrogen) atoms. The van der Waals surface area contributed by atoms with Gasteiger partial charge in [0.15, 0.2) is 0 Å². The molecule has 2 unspecified atom stereocenters. The van der Waals surface area contributed by atoms with Gasteiger partial charge in [0.05, 0.1) is 6.04 Å². The minimum atomic E-state index is -0.273. The predicted octanol–water partition coefficient (Wildman–Crippen LogP) is 1.64. The second kappa shape index (κ2) is 6.28. The summed E-state index contributed by atoms with van der Waals surface area (Å²) in [6, 6.07) is 9.94. The van der Waals surface area contributed by atoms with E-state index in [4.69, 9.17) is 5.73 Å². The topological polar surface area (TPSA) is 55.1 Å². The summed E-state index contributed by atoms with van der Waals surface area (Å²) in [4.78, 5) is 11.2. The van der Waals surface area contributed by atoms with Gasteiger partial charge in [-0.3, -0.25) is 4.79 Å². The van der Waals surface area contributed by atoms with Crippen LogP contribution < -0.4 is 11.1 Å². The van der Waals surface area contributed by atoms with Gasteiger partial charge in [0.2, 0.25) is 5.91 Å². The fraction of sp³-hybridized carbons (Fsp3) is 0.462. The second-order valence-corrected chi connectivity index (χ2v) is 4.06. The van der Waals surface area contributed by atoms with Crippen LogP contribution in [0.4, 0.5) is 0 Å². The van der Waals surface area contributed by atoms with Crippen LogP contribution in [0.3, 0.4) is 0 Å². The van der Waals surface area contributed by atoms with Crippen LogP contribution in [0.1, 0.15) is 31.7 Å². The second-order valence-electron chi connectivity index (χ2n) is 4.06. The monoisotopic (exact) mass is 220 g/mol. The highest BCUT2D eigenvalue weighted by Gasteiger charge is 2.18. The zero-order valence-electron chi connectivity index (χ0n) is 9.94. The fourth-order valence-electron chi connectivity index (χ4n) is 1.82. The number of hydrogen-bond acceptors (Lipinski definition) is 2. The van der Waals surface area contributed by atoms with Gasteiger partial charge >= 0.3 is 0 Å². The van der Waals surface area contributed by atoms with Gasteiger partial charge in [-0.25, -0.2) is 0 Å². The molecule has 1 aromatic rings. The van der Waals surface area contributed by atoms with E-state index in [0.717, 1.165) is 13.0 Å². The lowest BCUT2D eigenvalue weighted by atomic mass is 9.93. The first-order chi connectivity index (χ1) is 7.65. The summed E-state index contributed by atoms with van der Waals surface area (Å²) in [5, 5.41) is 3.11. The Kier molecular flexibility index (Phi) is 4.99. The molecule has 0 bridgehead atoms. The van der Waals surface area contributed by atoms with Crippen LogP contribution in [-0.4, -0.2) is 18.5 Å². The molecule has 0 saturated carbocycles. The molecule has 1 aromatic carbocycles. The number of amides is 1. The van der Waals surface area contributed by atoms with Crippen molar-refractivity contribution in [3.63, 3.8) is 0 Å². The number of primary amides is 1. The molecule has 0 aromatic heterocycles. The molecule has 3 heteroatoms. The van der Waals surface area contributed by atoms with E-state index in [1.54, 1.807) is 0 Å². The van der Waals surface area contributed by atoms with Crippen molar-refractivity contribution in [1.29, 1.82) is 0 Å². The number of benzene rings is 1. The highest BCUT2D eigenvalue weighted by Crippen LogP contribution is 2.19. The summed E-state index contributed by atoms with van der Waals surface area (Å²) < 4.78 is 0. The van der Waals surface area contributed by atoms with Crippen molar-refractivity contribution < 1.29 is 4.79 Å².